The summed E-state index contributed by atoms with van der Waals surface area (Å²) in [5.41, 5.74) is 1.70. The van der Waals surface area contributed by atoms with Gasteiger partial charge in [0.1, 0.15) is 17.3 Å². The van der Waals surface area contributed by atoms with Crippen LogP contribution < -0.4 is 10.1 Å². The Kier molecular flexibility index (Phi) is 8.70. The second-order valence-electron chi connectivity index (χ2n) is 7.36. The molecule has 3 rings (SSSR count). The fourth-order valence-corrected chi connectivity index (χ4v) is 3.33. The smallest absolute Gasteiger partial charge is 0.311 e. The molecule has 0 aliphatic heterocycles. The molecule has 0 aliphatic rings. The van der Waals surface area contributed by atoms with Gasteiger partial charge in [0.25, 0.3) is 5.91 Å². The summed E-state index contributed by atoms with van der Waals surface area (Å²) in [6.07, 6.45) is 3.70. The molecular formula is C25H25N5O5. The summed E-state index contributed by atoms with van der Waals surface area (Å²) in [7, 11) is 1.57. The molecule has 0 atom stereocenters. The van der Waals surface area contributed by atoms with Gasteiger partial charge >= 0.3 is 5.69 Å². The average Bonchev–Trinajstić information content (AvgIpc) is 3.29. The van der Waals surface area contributed by atoms with Crippen molar-refractivity contribution in [1.29, 1.82) is 5.26 Å². The van der Waals surface area contributed by atoms with Crippen LogP contribution in [0.1, 0.15) is 18.9 Å². The summed E-state index contributed by atoms with van der Waals surface area (Å²) in [5.74, 6) is -0.381. The summed E-state index contributed by atoms with van der Waals surface area (Å²) >= 11 is 0. The number of carbonyl (C=O) groups excluding carboxylic acids is 1. The Morgan fingerprint density at radius 2 is 2.06 bits per heavy atom. The zero-order valence-corrected chi connectivity index (χ0v) is 19.4. The van der Waals surface area contributed by atoms with Crippen LogP contribution in [0.5, 0.6) is 5.75 Å². The zero-order valence-electron chi connectivity index (χ0n) is 19.4. The van der Waals surface area contributed by atoms with Crippen molar-refractivity contribution in [3.63, 3.8) is 0 Å². The molecule has 1 aromatic heterocycles. The highest BCUT2D eigenvalue weighted by Crippen LogP contribution is 2.34. The van der Waals surface area contributed by atoms with E-state index < -0.39 is 10.8 Å². The third kappa shape index (κ3) is 6.31. The van der Waals surface area contributed by atoms with Gasteiger partial charge in [0, 0.05) is 43.7 Å². The molecule has 3 aromatic rings. The number of aromatic nitrogens is 2. The maximum absolute atomic E-state index is 12.6. The van der Waals surface area contributed by atoms with Gasteiger partial charge in [-0.05, 0) is 43.7 Å². The molecule has 0 bridgehead atoms. The van der Waals surface area contributed by atoms with Crippen molar-refractivity contribution in [3.8, 4) is 28.8 Å². The largest absolute Gasteiger partial charge is 0.487 e. The fraction of sp³-hybridized carbons (Fsp3) is 0.240. The van der Waals surface area contributed by atoms with Crippen molar-refractivity contribution < 1.29 is 19.2 Å². The van der Waals surface area contributed by atoms with Gasteiger partial charge in [-0.1, -0.05) is 18.2 Å². The van der Waals surface area contributed by atoms with Crippen molar-refractivity contribution in [2.75, 3.05) is 26.9 Å². The van der Waals surface area contributed by atoms with Gasteiger partial charge in [-0.15, -0.1) is 0 Å². The average molecular weight is 476 g/mol. The minimum absolute atomic E-state index is 0.114. The number of carbonyl (C=O) groups is 1. The molecule has 10 nitrogen and oxygen atoms in total. The van der Waals surface area contributed by atoms with Crippen LogP contribution in [-0.2, 0) is 9.53 Å². The number of nitrogens with one attached hydrogen (secondary N) is 1. The highest BCUT2D eigenvalue weighted by molar-refractivity contribution is 6.02. The number of ether oxygens (including phenoxy) is 2. The Labute approximate surface area is 202 Å². The standard InChI is InChI=1S/C25H25N5O5/c1-3-35-23-11-10-18(15-22(23)30(32)33)24-20(17-29(28-24)21-8-5-4-6-9-21)14-19(16-26)25(31)27-12-7-13-34-2/h4-6,8-11,14-15,17H,3,7,12-13H2,1-2H3,(H,27,31). The Bertz CT molecular complexity index is 1260. The van der Waals surface area contributed by atoms with E-state index in [-0.39, 0.29) is 23.6 Å². The summed E-state index contributed by atoms with van der Waals surface area (Å²) in [6.45, 7) is 2.86. The van der Waals surface area contributed by atoms with Crippen molar-refractivity contribution in [2.45, 2.75) is 13.3 Å². The maximum atomic E-state index is 12.6. The molecule has 35 heavy (non-hydrogen) atoms. The van der Waals surface area contributed by atoms with Gasteiger partial charge in [-0.3, -0.25) is 14.9 Å². The quantitative estimate of drug-likeness (QED) is 0.146. The summed E-state index contributed by atoms with van der Waals surface area (Å²) in [4.78, 5) is 23.7. The molecule has 0 radical (unpaired) electrons. The van der Waals surface area contributed by atoms with Gasteiger partial charge in [0.05, 0.1) is 17.2 Å². The Morgan fingerprint density at radius 3 is 2.71 bits per heavy atom. The van der Waals surface area contributed by atoms with E-state index in [1.165, 1.54) is 18.2 Å². The van der Waals surface area contributed by atoms with Crippen LogP contribution in [0.3, 0.4) is 0 Å². The molecule has 0 saturated carbocycles. The second kappa shape index (κ2) is 12.1. The van der Waals surface area contributed by atoms with E-state index in [9.17, 15) is 20.2 Å². The van der Waals surface area contributed by atoms with Crippen molar-refractivity contribution in [2.24, 2.45) is 0 Å². The number of hydrogen-bond donors (Lipinski definition) is 1. The highest BCUT2D eigenvalue weighted by Gasteiger charge is 2.20. The van der Waals surface area contributed by atoms with Gasteiger partial charge < -0.3 is 14.8 Å². The topological polar surface area (TPSA) is 132 Å². The Balaban J connectivity index is 2.08. The van der Waals surface area contributed by atoms with Crippen LogP contribution in [0.15, 0.2) is 60.3 Å². The van der Waals surface area contributed by atoms with Crippen LogP contribution in [0.4, 0.5) is 5.69 Å². The molecule has 0 unspecified atom stereocenters. The van der Waals surface area contributed by atoms with Crippen LogP contribution in [0.2, 0.25) is 0 Å². The Morgan fingerprint density at radius 1 is 1.29 bits per heavy atom. The molecule has 0 fully saturated rings. The summed E-state index contributed by atoms with van der Waals surface area (Å²) < 4.78 is 11.9. The highest BCUT2D eigenvalue weighted by atomic mass is 16.6. The van der Waals surface area contributed by atoms with Crippen LogP contribution >= 0.6 is 0 Å². The van der Waals surface area contributed by atoms with Gasteiger partial charge in [0.2, 0.25) is 0 Å². The van der Waals surface area contributed by atoms with Crippen LogP contribution in [0.25, 0.3) is 23.0 Å². The minimum atomic E-state index is -0.528. The minimum Gasteiger partial charge on any atom is -0.487 e. The molecule has 1 amide bonds. The first-order chi connectivity index (χ1) is 17.0. The lowest BCUT2D eigenvalue weighted by Gasteiger charge is -2.06. The molecule has 0 saturated heterocycles. The molecular weight excluding hydrogens is 450 g/mol. The third-order valence-corrected chi connectivity index (χ3v) is 4.97. The number of nitro groups is 1. The van der Waals surface area contributed by atoms with Gasteiger partial charge in [0.15, 0.2) is 5.75 Å². The normalized spacial score (nSPS) is 11.1. The van der Waals surface area contributed by atoms with E-state index in [2.05, 4.69) is 10.4 Å². The SMILES string of the molecule is CCOc1ccc(-c2nn(-c3ccccc3)cc2C=C(C#N)C(=O)NCCCOC)cc1[N+](=O)[O-]. The van der Waals surface area contributed by atoms with E-state index in [0.717, 1.165) is 5.69 Å². The number of para-hydroxylation sites is 1. The molecule has 1 heterocycles. The van der Waals surface area contributed by atoms with Gasteiger partial charge in [-0.2, -0.15) is 10.4 Å². The van der Waals surface area contributed by atoms with E-state index in [4.69, 9.17) is 9.47 Å². The second-order valence-corrected chi connectivity index (χ2v) is 7.36. The summed E-state index contributed by atoms with van der Waals surface area (Å²) in [6, 6.07) is 15.7. The lowest BCUT2D eigenvalue weighted by molar-refractivity contribution is -0.385. The fourth-order valence-electron chi connectivity index (χ4n) is 3.33. The number of benzene rings is 2. The monoisotopic (exact) mass is 475 g/mol. The summed E-state index contributed by atoms with van der Waals surface area (Å²) in [5, 5.41) is 28.6. The van der Waals surface area contributed by atoms with Crippen molar-refractivity contribution in [1.82, 2.24) is 15.1 Å². The van der Waals surface area contributed by atoms with E-state index in [1.807, 2.05) is 36.4 Å². The zero-order chi connectivity index (χ0) is 25.2. The number of amides is 1. The first-order valence-electron chi connectivity index (χ1n) is 10.9. The lowest BCUT2D eigenvalue weighted by atomic mass is 10.0. The number of nitriles is 1. The van der Waals surface area contributed by atoms with Gasteiger partial charge in [-0.25, -0.2) is 4.68 Å². The molecule has 0 spiro atoms. The first kappa shape index (κ1) is 25.1. The number of rotatable bonds is 11. The van der Waals surface area contributed by atoms with E-state index >= 15 is 0 Å². The predicted octanol–water partition coefficient (Wildman–Crippen LogP) is 3.91. The third-order valence-electron chi connectivity index (χ3n) is 4.97. The number of nitro benzene ring substituents is 1. The lowest BCUT2D eigenvalue weighted by Crippen LogP contribution is -2.26. The first-order valence-corrected chi connectivity index (χ1v) is 10.9. The molecule has 2 aromatic carbocycles. The predicted molar refractivity (Wildman–Crippen MR) is 130 cm³/mol. The van der Waals surface area contributed by atoms with Crippen LogP contribution in [0, 0.1) is 21.4 Å². The van der Waals surface area contributed by atoms with E-state index in [1.54, 1.807) is 31.0 Å². The number of nitrogens with zero attached hydrogens (tertiary/aromatic N) is 4. The molecule has 1 N–H and O–H groups in total. The van der Waals surface area contributed by atoms with E-state index in [0.29, 0.717) is 36.4 Å². The van der Waals surface area contributed by atoms with Crippen molar-refractivity contribution >= 4 is 17.7 Å². The molecule has 180 valence electrons. The number of methoxy groups -OCH3 is 1. The molecule has 0 aliphatic carbocycles. The van der Waals surface area contributed by atoms with Crippen molar-refractivity contribution in [3.05, 3.63) is 76.0 Å². The maximum Gasteiger partial charge on any atom is 0.311 e. The van der Waals surface area contributed by atoms with Crippen LogP contribution in [-0.4, -0.2) is 47.5 Å². The Hall–Kier alpha value is -4.49. The molecule has 10 heteroatoms. The number of hydrogen-bond acceptors (Lipinski definition) is 7.